The quantitative estimate of drug-likeness (QED) is 0.155. The standard InChI is InChI=1S/C17H30N6O7/c1-4-7(2)13(20)16(28)21-8(3)14(26)22-9(5-11(18)24)15(27)23-10(17(29)30)6-12(19)25/h7-10,13H,4-6,20H2,1-3H3,(H2,18,24)(H2,19,25)(H,21,28)(H,22,26)(H,23,27)(H,29,30). The Morgan fingerprint density at radius 2 is 1.27 bits per heavy atom. The van der Waals surface area contributed by atoms with Crippen LogP contribution in [0.5, 0.6) is 0 Å². The van der Waals surface area contributed by atoms with Gasteiger partial charge in [-0.05, 0) is 12.8 Å². The van der Waals surface area contributed by atoms with Crippen molar-refractivity contribution in [2.24, 2.45) is 23.1 Å². The number of aliphatic carboxylic acids is 1. The Labute approximate surface area is 173 Å². The van der Waals surface area contributed by atoms with Gasteiger partial charge in [-0.15, -0.1) is 0 Å². The summed E-state index contributed by atoms with van der Waals surface area (Å²) in [5.41, 5.74) is 15.8. The molecule has 0 aliphatic heterocycles. The molecule has 170 valence electrons. The highest BCUT2D eigenvalue weighted by Gasteiger charge is 2.30. The van der Waals surface area contributed by atoms with Gasteiger partial charge in [0.2, 0.25) is 29.5 Å². The molecule has 0 aromatic rings. The second-order valence-corrected chi connectivity index (χ2v) is 6.94. The van der Waals surface area contributed by atoms with Crippen LogP contribution in [0.3, 0.4) is 0 Å². The van der Waals surface area contributed by atoms with E-state index in [1.54, 1.807) is 6.92 Å². The van der Waals surface area contributed by atoms with Crippen LogP contribution >= 0.6 is 0 Å². The maximum Gasteiger partial charge on any atom is 0.326 e. The minimum Gasteiger partial charge on any atom is -0.480 e. The van der Waals surface area contributed by atoms with Crippen molar-refractivity contribution < 1.29 is 33.9 Å². The molecule has 13 nitrogen and oxygen atoms in total. The first-order valence-corrected chi connectivity index (χ1v) is 9.26. The third kappa shape index (κ3) is 9.32. The number of carboxylic acids is 1. The van der Waals surface area contributed by atoms with Crippen LogP contribution in [-0.4, -0.2) is 64.8 Å². The summed E-state index contributed by atoms with van der Waals surface area (Å²) < 4.78 is 0. The fourth-order valence-electron chi connectivity index (χ4n) is 2.27. The zero-order valence-corrected chi connectivity index (χ0v) is 17.1. The number of carboxylic acid groups (broad SMARTS) is 1. The fourth-order valence-corrected chi connectivity index (χ4v) is 2.27. The van der Waals surface area contributed by atoms with Gasteiger partial charge in [0.15, 0.2) is 0 Å². The summed E-state index contributed by atoms with van der Waals surface area (Å²) >= 11 is 0. The third-order valence-electron chi connectivity index (χ3n) is 4.37. The van der Waals surface area contributed by atoms with E-state index in [0.29, 0.717) is 6.42 Å². The molecule has 0 aromatic carbocycles. The number of primary amides is 2. The maximum absolute atomic E-state index is 12.3. The van der Waals surface area contributed by atoms with Crippen LogP contribution in [0.25, 0.3) is 0 Å². The van der Waals surface area contributed by atoms with Crippen molar-refractivity contribution in [2.75, 3.05) is 0 Å². The molecule has 30 heavy (non-hydrogen) atoms. The number of carbonyl (C=O) groups is 6. The van der Waals surface area contributed by atoms with Crippen molar-refractivity contribution in [2.45, 2.75) is 64.2 Å². The Morgan fingerprint density at radius 3 is 1.70 bits per heavy atom. The van der Waals surface area contributed by atoms with Gasteiger partial charge in [0.05, 0.1) is 18.9 Å². The Morgan fingerprint density at radius 1 is 0.800 bits per heavy atom. The summed E-state index contributed by atoms with van der Waals surface area (Å²) in [5.74, 6) is -6.07. The second kappa shape index (κ2) is 12.4. The van der Waals surface area contributed by atoms with Crippen molar-refractivity contribution in [3.05, 3.63) is 0 Å². The number of hydrogen-bond acceptors (Lipinski definition) is 7. The Balaban J connectivity index is 5.18. The van der Waals surface area contributed by atoms with E-state index in [-0.39, 0.29) is 5.92 Å². The van der Waals surface area contributed by atoms with E-state index >= 15 is 0 Å². The number of nitrogens with one attached hydrogen (secondary N) is 3. The van der Waals surface area contributed by atoms with Crippen LogP contribution in [0.15, 0.2) is 0 Å². The number of carbonyl (C=O) groups excluding carboxylic acids is 5. The van der Waals surface area contributed by atoms with Gasteiger partial charge in [0.25, 0.3) is 0 Å². The van der Waals surface area contributed by atoms with Crippen LogP contribution in [0.2, 0.25) is 0 Å². The molecule has 10 N–H and O–H groups in total. The van der Waals surface area contributed by atoms with E-state index in [2.05, 4.69) is 10.6 Å². The molecule has 0 aliphatic rings. The van der Waals surface area contributed by atoms with E-state index in [1.807, 2.05) is 12.2 Å². The van der Waals surface area contributed by atoms with Crippen LogP contribution in [0, 0.1) is 5.92 Å². The maximum atomic E-state index is 12.3. The Bertz CT molecular complexity index is 684. The largest absolute Gasteiger partial charge is 0.480 e. The molecule has 0 heterocycles. The lowest BCUT2D eigenvalue weighted by Crippen LogP contribution is -2.57. The van der Waals surface area contributed by atoms with Crippen molar-refractivity contribution in [1.29, 1.82) is 0 Å². The van der Waals surface area contributed by atoms with Gasteiger partial charge in [-0.3, -0.25) is 24.0 Å². The molecular weight excluding hydrogens is 400 g/mol. The predicted octanol–water partition coefficient (Wildman–Crippen LogP) is -3.33. The molecule has 0 saturated heterocycles. The SMILES string of the molecule is CCC(C)C(N)C(=O)NC(C)C(=O)NC(CC(N)=O)C(=O)NC(CC(N)=O)C(=O)O. The molecule has 0 bridgehead atoms. The van der Waals surface area contributed by atoms with E-state index < -0.39 is 72.5 Å². The molecule has 0 spiro atoms. The summed E-state index contributed by atoms with van der Waals surface area (Å²) in [4.78, 5) is 70.1. The first kappa shape index (κ1) is 26.8. The van der Waals surface area contributed by atoms with E-state index in [9.17, 15) is 28.8 Å². The van der Waals surface area contributed by atoms with Crippen LogP contribution in [0.1, 0.15) is 40.0 Å². The lowest BCUT2D eigenvalue weighted by molar-refractivity contribution is -0.144. The molecule has 0 aromatic heterocycles. The second-order valence-electron chi connectivity index (χ2n) is 6.94. The van der Waals surface area contributed by atoms with Crippen LogP contribution < -0.4 is 33.2 Å². The highest BCUT2D eigenvalue weighted by Crippen LogP contribution is 2.05. The van der Waals surface area contributed by atoms with Gasteiger partial charge in [-0.25, -0.2) is 4.79 Å². The molecule has 0 fully saturated rings. The average molecular weight is 430 g/mol. The lowest BCUT2D eigenvalue weighted by atomic mass is 9.99. The third-order valence-corrected chi connectivity index (χ3v) is 4.37. The normalized spacial score (nSPS) is 15.6. The summed E-state index contributed by atoms with van der Waals surface area (Å²) in [5, 5.41) is 15.7. The molecule has 5 unspecified atom stereocenters. The molecule has 5 atom stereocenters. The first-order chi connectivity index (χ1) is 13.8. The van der Waals surface area contributed by atoms with Crippen LogP contribution in [-0.2, 0) is 28.8 Å². The lowest BCUT2D eigenvalue weighted by Gasteiger charge is -2.23. The molecule has 0 aliphatic carbocycles. The molecular formula is C17H30N6O7. The monoisotopic (exact) mass is 430 g/mol. The van der Waals surface area contributed by atoms with Gasteiger partial charge < -0.3 is 38.3 Å². The summed E-state index contributed by atoms with van der Waals surface area (Å²) in [6.45, 7) is 4.96. The summed E-state index contributed by atoms with van der Waals surface area (Å²) in [6.07, 6.45) is -0.697. The molecule has 13 heteroatoms. The fraction of sp³-hybridized carbons (Fsp3) is 0.647. The molecule has 5 amide bonds. The molecule has 0 saturated carbocycles. The van der Waals surface area contributed by atoms with Gasteiger partial charge in [-0.1, -0.05) is 20.3 Å². The zero-order chi connectivity index (χ0) is 23.6. The number of hydrogen-bond donors (Lipinski definition) is 7. The van der Waals surface area contributed by atoms with Gasteiger partial charge in [0, 0.05) is 0 Å². The van der Waals surface area contributed by atoms with E-state index in [0.717, 1.165) is 0 Å². The van der Waals surface area contributed by atoms with E-state index in [1.165, 1.54) is 6.92 Å². The number of rotatable bonds is 13. The topological polar surface area (TPSA) is 237 Å². The van der Waals surface area contributed by atoms with E-state index in [4.69, 9.17) is 22.3 Å². The Kier molecular flexibility index (Phi) is 11.0. The highest BCUT2D eigenvalue weighted by molar-refractivity contribution is 5.96. The predicted molar refractivity (Wildman–Crippen MR) is 104 cm³/mol. The van der Waals surface area contributed by atoms with Gasteiger partial charge in [-0.2, -0.15) is 0 Å². The van der Waals surface area contributed by atoms with Gasteiger partial charge in [0.1, 0.15) is 18.1 Å². The summed E-state index contributed by atoms with van der Waals surface area (Å²) in [6, 6.07) is -5.16. The summed E-state index contributed by atoms with van der Waals surface area (Å²) in [7, 11) is 0. The smallest absolute Gasteiger partial charge is 0.326 e. The van der Waals surface area contributed by atoms with Crippen molar-refractivity contribution >= 4 is 35.5 Å². The Hall–Kier alpha value is -3.22. The zero-order valence-electron chi connectivity index (χ0n) is 17.1. The minimum atomic E-state index is -1.66. The first-order valence-electron chi connectivity index (χ1n) is 9.26. The molecule has 0 radical (unpaired) electrons. The average Bonchev–Trinajstić information content (AvgIpc) is 2.64. The number of nitrogens with two attached hydrogens (primary N) is 3. The van der Waals surface area contributed by atoms with Crippen molar-refractivity contribution in [1.82, 2.24) is 16.0 Å². The van der Waals surface area contributed by atoms with Crippen LogP contribution in [0.4, 0.5) is 0 Å². The molecule has 0 rings (SSSR count). The van der Waals surface area contributed by atoms with Crippen molar-refractivity contribution in [3.8, 4) is 0 Å². The van der Waals surface area contributed by atoms with Gasteiger partial charge >= 0.3 is 5.97 Å². The number of amides is 5. The minimum absolute atomic E-state index is 0.133. The highest BCUT2D eigenvalue weighted by atomic mass is 16.4. The van der Waals surface area contributed by atoms with Crippen molar-refractivity contribution in [3.63, 3.8) is 0 Å².